The van der Waals surface area contributed by atoms with Gasteiger partial charge in [0.15, 0.2) is 16.4 Å². The maximum atomic E-state index is 12.9. The van der Waals surface area contributed by atoms with Gasteiger partial charge in [0.05, 0.1) is 17.1 Å². The molecule has 22 heavy (non-hydrogen) atoms. The molecule has 1 aliphatic rings. The van der Waals surface area contributed by atoms with Gasteiger partial charge in [0.1, 0.15) is 5.82 Å². The number of hydrogen-bond acceptors (Lipinski definition) is 5. The summed E-state index contributed by atoms with van der Waals surface area (Å²) in [5.74, 6) is -1.92. The molecule has 1 aromatic carbocycles. The number of halogens is 2. The minimum absolute atomic E-state index is 0.0419. The van der Waals surface area contributed by atoms with E-state index in [0.29, 0.717) is 6.42 Å². The summed E-state index contributed by atoms with van der Waals surface area (Å²) >= 11 is 3.03. The number of ether oxygens (including phenoxy) is 1. The third-order valence-corrected chi connectivity index (χ3v) is 5.51. The highest BCUT2D eigenvalue weighted by Gasteiger charge is 2.29. The molecule has 6 nitrogen and oxygen atoms in total. The third kappa shape index (κ3) is 4.51. The molecule has 1 saturated heterocycles. The fraction of sp³-hybridized carbons (Fsp3) is 0.385. The van der Waals surface area contributed by atoms with Crippen molar-refractivity contribution in [3.8, 4) is 0 Å². The van der Waals surface area contributed by atoms with Crippen molar-refractivity contribution in [2.75, 3.05) is 18.1 Å². The predicted molar refractivity (Wildman–Crippen MR) is 79.6 cm³/mol. The summed E-state index contributed by atoms with van der Waals surface area (Å²) in [6, 6.07) is 3.00. The number of nitrogens with one attached hydrogen (secondary N) is 1. The molecule has 1 aliphatic heterocycles. The van der Waals surface area contributed by atoms with Crippen LogP contribution >= 0.6 is 15.9 Å². The number of rotatable bonds is 4. The molecule has 9 heteroatoms. The van der Waals surface area contributed by atoms with E-state index in [1.807, 2.05) is 0 Å². The highest BCUT2D eigenvalue weighted by molar-refractivity contribution is 9.10. The van der Waals surface area contributed by atoms with E-state index in [4.69, 9.17) is 4.74 Å². The second kappa shape index (κ2) is 6.74. The Kier molecular flexibility index (Phi) is 5.17. The highest BCUT2D eigenvalue weighted by atomic mass is 79.9. The number of amides is 1. The van der Waals surface area contributed by atoms with Crippen LogP contribution in [0.25, 0.3) is 0 Å². The van der Waals surface area contributed by atoms with Crippen molar-refractivity contribution in [1.82, 2.24) is 5.32 Å². The Balaban J connectivity index is 1.84. The SMILES string of the molecule is O=C(COC(=O)c1ccc(F)cc1Br)N[C@H]1CCS(=O)(=O)C1. The van der Waals surface area contributed by atoms with Crippen molar-refractivity contribution in [1.29, 1.82) is 0 Å². The van der Waals surface area contributed by atoms with E-state index >= 15 is 0 Å². The molecule has 0 saturated carbocycles. The lowest BCUT2D eigenvalue weighted by molar-refractivity contribution is -0.124. The molecule has 120 valence electrons. The van der Waals surface area contributed by atoms with Gasteiger partial charge in [-0.1, -0.05) is 0 Å². The summed E-state index contributed by atoms with van der Waals surface area (Å²) in [7, 11) is -3.09. The molecule has 2 rings (SSSR count). The van der Waals surface area contributed by atoms with E-state index in [2.05, 4.69) is 21.2 Å². The average molecular weight is 394 g/mol. The number of carbonyl (C=O) groups excluding carboxylic acids is 2. The van der Waals surface area contributed by atoms with Crippen LogP contribution in [0.3, 0.4) is 0 Å². The van der Waals surface area contributed by atoms with E-state index in [9.17, 15) is 22.4 Å². The highest BCUT2D eigenvalue weighted by Crippen LogP contribution is 2.19. The van der Waals surface area contributed by atoms with Crippen LogP contribution in [0.15, 0.2) is 22.7 Å². The fourth-order valence-corrected chi connectivity index (χ4v) is 4.23. The first-order valence-electron chi connectivity index (χ1n) is 6.39. The first-order chi connectivity index (χ1) is 10.3. The summed E-state index contributed by atoms with van der Waals surface area (Å²) in [6.07, 6.45) is 0.353. The molecular weight excluding hydrogens is 381 g/mol. The largest absolute Gasteiger partial charge is 0.452 e. The molecule has 1 N–H and O–H groups in total. The maximum Gasteiger partial charge on any atom is 0.339 e. The Labute approximate surface area is 135 Å². The zero-order chi connectivity index (χ0) is 16.3. The van der Waals surface area contributed by atoms with Crippen LogP contribution in [0.5, 0.6) is 0 Å². The molecule has 0 spiro atoms. The van der Waals surface area contributed by atoms with Gasteiger partial charge in [0.25, 0.3) is 5.91 Å². The Bertz CT molecular complexity index is 706. The Morgan fingerprint density at radius 3 is 2.73 bits per heavy atom. The van der Waals surface area contributed by atoms with Crippen molar-refractivity contribution in [3.63, 3.8) is 0 Å². The topological polar surface area (TPSA) is 89.5 Å². The lowest BCUT2D eigenvalue weighted by Gasteiger charge is -2.11. The zero-order valence-electron chi connectivity index (χ0n) is 11.3. The van der Waals surface area contributed by atoms with E-state index in [0.717, 1.165) is 12.1 Å². The predicted octanol–water partition coefficient (Wildman–Crippen LogP) is 1.05. The summed E-state index contributed by atoms with van der Waals surface area (Å²) in [5.41, 5.74) is 0.0950. The van der Waals surface area contributed by atoms with Crippen molar-refractivity contribution >= 4 is 37.6 Å². The molecule has 0 aromatic heterocycles. The van der Waals surface area contributed by atoms with Gasteiger partial charge in [-0.3, -0.25) is 4.79 Å². The van der Waals surface area contributed by atoms with Gasteiger partial charge in [0.2, 0.25) is 0 Å². The molecule has 0 unspecified atom stereocenters. The third-order valence-electron chi connectivity index (χ3n) is 3.08. The van der Waals surface area contributed by atoms with E-state index < -0.39 is 40.2 Å². The van der Waals surface area contributed by atoms with Gasteiger partial charge < -0.3 is 10.1 Å². The van der Waals surface area contributed by atoms with Crippen molar-refractivity contribution < 1.29 is 27.1 Å². The average Bonchev–Trinajstić information content (AvgIpc) is 2.75. The standard InChI is InChI=1S/C13H13BrFNO5S/c14-11-5-8(15)1-2-10(11)13(18)21-6-12(17)16-9-3-4-22(19,20)7-9/h1-2,5,9H,3-4,6-7H2,(H,16,17)/t9-/m0/s1. The summed E-state index contributed by atoms with van der Waals surface area (Å²) in [6.45, 7) is -0.529. The number of carbonyl (C=O) groups is 2. The normalized spacial score (nSPS) is 19.6. The van der Waals surface area contributed by atoms with Crippen LogP contribution in [0.4, 0.5) is 4.39 Å². The molecule has 1 amide bonds. The van der Waals surface area contributed by atoms with E-state index in [1.165, 1.54) is 6.07 Å². The van der Waals surface area contributed by atoms with Crippen molar-refractivity contribution in [2.24, 2.45) is 0 Å². The molecule has 0 radical (unpaired) electrons. The van der Waals surface area contributed by atoms with Gasteiger partial charge in [0, 0.05) is 10.5 Å². The van der Waals surface area contributed by atoms with Crippen molar-refractivity contribution in [3.05, 3.63) is 34.1 Å². The Morgan fingerprint density at radius 2 is 2.14 bits per heavy atom. The van der Waals surface area contributed by atoms with E-state index in [-0.39, 0.29) is 21.5 Å². The van der Waals surface area contributed by atoms with Crippen LogP contribution in [0, 0.1) is 5.82 Å². The molecule has 1 heterocycles. The van der Waals surface area contributed by atoms with Crippen LogP contribution < -0.4 is 5.32 Å². The Hall–Kier alpha value is -1.48. The Morgan fingerprint density at radius 1 is 1.41 bits per heavy atom. The quantitative estimate of drug-likeness (QED) is 0.772. The summed E-state index contributed by atoms with van der Waals surface area (Å²) in [5, 5.41) is 2.50. The minimum atomic E-state index is -3.09. The van der Waals surface area contributed by atoms with Gasteiger partial charge in [-0.25, -0.2) is 17.6 Å². The number of esters is 1. The number of sulfone groups is 1. The van der Waals surface area contributed by atoms with Gasteiger partial charge in [-0.2, -0.15) is 0 Å². The monoisotopic (exact) mass is 393 g/mol. The minimum Gasteiger partial charge on any atom is -0.452 e. The molecule has 1 atom stereocenters. The summed E-state index contributed by atoms with van der Waals surface area (Å²) < 4.78 is 40.5. The van der Waals surface area contributed by atoms with Gasteiger partial charge in [-0.15, -0.1) is 0 Å². The molecule has 1 aromatic rings. The lowest BCUT2D eigenvalue weighted by atomic mass is 10.2. The summed E-state index contributed by atoms with van der Waals surface area (Å²) in [4.78, 5) is 23.4. The molecule has 1 fully saturated rings. The van der Waals surface area contributed by atoms with Gasteiger partial charge >= 0.3 is 5.97 Å². The second-order valence-corrected chi connectivity index (χ2v) is 7.95. The van der Waals surface area contributed by atoms with E-state index in [1.54, 1.807) is 0 Å². The zero-order valence-corrected chi connectivity index (χ0v) is 13.7. The van der Waals surface area contributed by atoms with Crippen LogP contribution in [-0.2, 0) is 19.4 Å². The van der Waals surface area contributed by atoms with Crippen LogP contribution in [0.1, 0.15) is 16.8 Å². The molecule has 0 aliphatic carbocycles. The first-order valence-corrected chi connectivity index (χ1v) is 9.00. The molecular formula is C13H13BrFNO5S. The lowest BCUT2D eigenvalue weighted by Crippen LogP contribution is -2.38. The number of benzene rings is 1. The fourth-order valence-electron chi connectivity index (χ4n) is 2.04. The van der Waals surface area contributed by atoms with Crippen LogP contribution in [0.2, 0.25) is 0 Å². The van der Waals surface area contributed by atoms with Gasteiger partial charge in [-0.05, 0) is 40.5 Å². The first kappa shape index (κ1) is 16.9. The number of hydrogen-bond donors (Lipinski definition) is 1. The van der Waals surface area contributed by atoms with Crippen LogP contribution in [-0.4, -0.2) is 44.4 Å². The second-order valence-electron chi connectivity index (χ2n) is 4.87. The smallest absolute Gasteiger partial charge is 0.339 e. The van der Waals surface area contributed by atoms with Crippen molar-refractivity contribution in [2.45, 2.75) is 12.5 Å². The maximum absolute atomic E-state index is 12.9. The molecule has 0 bridgehead atoms.